The molecule has 1 aromatic rings. The summed E-state index contributed by atoms with van der Waals surface area (Å²) in [4.78, 5) is 12.5. The minimum Gasteiger partial charge on any atom is -0.365 e. The molecule has 0 radical (unpaired) electrons. The van der Waals surface area contributed by atoms with E-state index in [2.05, 4.69) is 0 Å². The van der Waals surface area contributed by atoms with Crippen molar-refractivity contribution in [2.75, 3.05) is 18.0 Å². The molecule has 0 atom stereocenters. The van der Waals surface area contributed by atoms with Crippen LogP contribution in [0, 0.1) is 17.0 Å². The smallest absolute Gasteiger partial charge is 0.294 e. The van der Waals surface area contributed by atoms with E-state index in [1.807, 2.05) is 18.7 Å². The van der Waals surface area contributed by atoms with Gasteiger partial charge in [0.25, 0.3) is 5.69 Å². The Kier molecular flexibility index (Phi) is 4.12. The molecule has 0 N–H and O–H groups in total. The molecule has 0 amide bonds. The minimum absolute atomic E-state index is 0.0775. The maximum Gasteiger partial charge on any atom is 0.294 e. The molecule has 1 aromatic carbocycles. The molecule has 1 rings (SSSR count). The fourth-order valence-electron chi connectivity index (χ4n) is 1.71. The molecule has 0 aliphatic heterocycles. The largest absolute Gasteiger partial charge is 0.365 e. The van der Waals surface area contributed by atoms with Gasteiger partial charge in [-0.2, -0.15) is 0 Å². The number of rotatable bonds is 4. The van der Waals surface area contributed by atoms with E-state index in [4.69, 9.17) is 11.6 Å². The molecule has 0 saturated heterocycles. The summed E-state index contributed by atoms with van der Waals surface area (Å²) in [5.74, 6) is 0. The Bertz CT molecular complexity index is 403. The van der Waals surface area contributed by atoms with Gasteiger partial charge in [0.1, 0.15) is 5.69 Å². The molecule has 0 fully saturated rings. The van der Waals surface area contributed by atoms with Crippen molar-refractivity contribution >= 4 is 23.0 Å². The average molecular weight is 243 g/mol. The first-order valence-electron chi connectivity index (χ1n) is 5.20. The van der Waals surface area contributed by atoms with E-state index in [1.165, 1.54) is 0 Å². The number of nitro benzene ring substituents is 1. The molecular weight excluding hydrogens is 228 g/mol. The van der Waals surface area contributed by atoms with Crippen LogP contribution in [0.3, 0.4) is 0 Å². The Labute approximate surface area is 100.0 Å². The molecule has 88 valence electrons. The lowest BCUT2D eigenvalue weighted by atomic mass is 10.1. The third kappa shape index (κ3) is 2.44. The molecule has 0 aliphatic carbocycles. The molecule has 16 heavy (non-hydrogen) atoms. The highest BCUT2D eigenvalue weighted by atomic mass is 35.5. The summed E-state index contributed by atoms with van der Waals surface area (Å²) in [5, 5.41) is 11.4. The quantitative estimate of drug-likeness (QED) is 0.601. The lowest BCUT2D eigenvalue weighted by molar-refractivity contribution is -0.384. The van der Waals surface area contributed by atoms with Gasteiger partial charge in [0.15, 0.2) is 0 Å². The van der Waals surface area contributed by atoms with Crippen LogP contribution in [-0.4, -0.2) is 18.0 Å². The van der Waals surface area contributed by atoms with Gasteiger partial charge in [-0.3, -0.25) is 10.1 Å². The Morgan fingerprint density at radius 3 is 2.38 bits per heavy atom. The van der Waals surface area contributed by atoms with Crippen LogP contribution >= 0.6 is 11.6 Å². The summed E-state index contributed by atoms with van der Waals surface area (Å²) in [6.07, 6.45) is 0. The third-order valence-corrected chi connectivity index (χ3v) is 2.75. The zero-order valence-corrected chi connectivity index (χ0v) is 10.4. The van der Waals surface area contributed by atoms with Crippen molar-refractivity contribution in [3.8, 4) is 0 Å². The summed E-state index contributed by atoms with van der Waals surface area (Å²) < 4.78 is 0. The van der Waals surface area contributed by atoms with Crippen molar-refractivity contribution in [3.63, 3.8) is 0 Å². The van der Waals surface area contributed by atoms with Crippen LogP contribution in [0.15, 0.2) is 12.1 Å². The lowest BCUT2D eigenvalue weighted by Crippen LogP contribution is -2.23. The van der Waals surface area contributed by atoms with Gasteiger partial charge in [0.05, 0.1) is 9.95 Å². The molecule has 0 bridgehead atoms. The second kappa shape index (κ2) is 5.16. The minimum atomic E-state index is -0.382. The molecule has 0 aromatic heterocycles. The van der Waals surface area contributed by atoms with Crippen molar-refractivity contribution in [2.45, 2.75) is 20.8 Å². The number of nitrogens with zero attached hydrogens (tertiary/aromatic N) is 2. The summed E-state index contributed by atoms with van der Waals surface area (Å²) >= 11 is 6.08. The van der Waals surface area contributed by atoms with Crippen molar-refractivity contribution < 1.29 is 4.92 Å². The van der Waals surface area contributed by atoms with E-state index < -0.39 is 0 Å². The van der Waals surface area contributed by atoms with Crippen LogP contribution in [0.1, 0.15) is 19.4 Å². The van der Waals surface area contributed by atoms with Gasteiger partial charge in [-0.15, -0.1) is 0 Å². The van der Waals surface area contributed by atoms with E-state index in [9.17, 15) is 10.1 Å². The second-order valence-electron chi connectivity index (χ2n) is 3.54. The van der Waals surface area contributed by atoms with Gasteiger partial charge in [0, 0.05) is 19.2 Å². The molecule has 4 nitrogen and oxygen atoms in total. The standard InChI is InChI=1S/C11H15ClN2O2/c1-4-13(5-2)11-9(12)6-8(3)7-10(11)14(15)16/h6-7H,4-5H2,1-3H3. The fraction of sp³-hybridized carbons (Fsp3) is 0.455. The van der Waals surface area contributed by atoms with Crippen LogP contribution in [0.5, 0.6) is 0 Å². The number of benzene rings is 1. The zero-order chi connectivity index (χ0) is 12.3. The highest BCUT2D eigenvalue weighted by Crippen LogP contribution is 2.36. The lowest BCUT2D eigenvalue weighted by Gasteiger charge is -2.22. The first-order chi connectivity index (χ1) is 7.51. The monoisotopic (exact) mass is 242 g/mol. The van der Waals surface area contributed by atoms with E-state index in [0.29, 0.717) is 23.8 Å². The molecule has 0 aliphatic rings. The fourth-order valence-corrected chi connectivity index (χ4v) is 2.10. The maximum atomic E-state index is 11.0. The van der Waals surface area contributed by atoms with Gasteiger partial charge < -0.3 is 4.90 Å². The summed E-state index contributed by atoms with van der Waals surface area (Å²) in [6.45, 7) is 7.08. The number of hydrogen-bond donors (Lipinski definition) is 0. The van der Waals surface area contributed by atoms with E-state index >= 15 is 0 Å². The van der Waals surface area contributed by atoms with Gasteiger partial charge in [-0.05, 0) is 32.4 Å². The molecular formula is C11H15ClN2O2. The second-order valence-corrected chi connectivity index (χ2v) is 3.95. The number of anilines is 1. The normalized spacial score (nSPS) is 10.2. The number of aryl methyl sites for hydroxylation is 1. The Morgan fingerprint density at radius 1 is 1.38 bits per heavy atom. The number of hydrogen-bond acceptors (Lipinski definition) is 3. The SMILES string of the molecule is CCN(CC)c1c(Cl)cc(C)cc1[N+](=O)[O-]. The van der Waals surface area contributed by atoms with Gasteiger partial charge in [-0.1, -0.05) is 11.6 Å². The van der Waals surface area contributed by atoms with Crippen molar-refractivity contribution in [1.29, 1.82) is 0 Å². The first kappa shape index (κ1) is 12.8. The van der Waals surface area contributed by atoms with E-state index in [1.54, 1.807) is 19.1 Å². The topological polar surface area (TPSA) is 46.4 Å². The van der Waals surface area contributed by atoms with Crippen LogP contribution in [0.4, 0.5) is 11.4 Å². The Morgan fingerprint density at radius 2 is 1.94 bits per heavy atom. The maximum absolute atomic E-state index is 11.0. The van der Waals surface area contributed by atoms with Gasteiger partial charge in [0.2, 0.25) is 0 Å². The molecule has 0 spiro atoms. The molecule has 0 unspecified atom stereocenters. The van der Waals surface area contributed by atoms with E-state index in [0.717, 1.165) is 5.56 Å². The summed E-state index contributed by atoms with van der Waals surface area (Å²) in [6, 6.07) is 3.31. The number of halogens is 1. The van der Waals surface area contributed by atoms with Crippen LogP contribution < -0.4 is 4.90 Å². The van der Waals surface area contributed by atoms with Gasteiger partial charge >= 0.3 is 0 Å². The number of nitro groups is 1. The van der Waals surface area contributed by atoms with Crippen molar-refractivity contribution in [2.24, 2.45) is 0 Å². The first-order valence-corrected chi connectivity index (χ1v) is 5.58. The molecule has 0 heterocycles. The highest BCUT2D eigenvalue weighted by Gasteiger charge is 2.21. The van der Waals surface area contributed by atoms with E-state index in [-0.39, 0.29) is 10.6 Å². The average Bonchev–Trinajstić information content (AvgIpc) is 2.21. The molecule has 5 heteroatoms. The van der Waals surface area contributed by atoms with Crippen LogP contribution in [0.2, 0.25) is 5.02 Å². The van der Waals surface area contributed by atoms with Crippen molar-refractivity contribution in [1.82, 2.24) is 0 Å². The Hall–Kier alpha value is -1.29. The molecule has 0 saturated carbocycles. The third-order valence-electron chi connectivity index (χ3n) is 2.46. The van der Waals surface area contributed by atoms with Crippen molar-refractivity contribution in [3.05, 3.63) is 32.8 Å². The van der Waals surface area contributed by atoms with Crippen LogP contribution in [0.25, 0.3) is 0 Å². The summed E-state index contributed by atoms with van der Waals surface area (Å²) in [5.41, 5.74) is 1.39. The zero-order valence-electron chi connectivity index (χ0n) is 9.66. The summed E-state index contributed by atoms with van der Waals surface area (Å²) in [7, 11) is 0. The predicted octanol–water partition coefficient (Wildman–Crippen LogP) is 3.40. The van der Waals surface area contributed by atoms with Crippen LogP contribution in [-0.2, 0) is 0 Å². The highest BCUT2D eigenvalue weighted by molar-refractivity contribution is 6.33. The predicted molar refractivity (Wildman–Crippen MR) is 66.4 cm³/mol. The van der Waals surface area contributed by atoms with Gasteiger partial charge in [-0.25, -0.2) is 0 Å². The Balaban J connectivity index is 3.39.